The van der Waals surface area contributed by atoms with E-state index in [1.807, 2.05) is 4.90 Å². The summed E-state index contributed by atoms with van der Waals surface area (Å²) in [6.45, 7) is 5.33. The van der Waals surface area contributed by atoms with E-state index in [2.05, 4.69) is 12.2 Å². The highest BCUT2D eigenvalue weighted by Crippen LogP contribution is 2.26. The highest BCUT2D eigenvalue weighted by atomic mass is 16.2. The number of carbonyl (C=O) groups is 1. The molecule has 0 spiro atoms. The zero-order valence-corrected chi connectivity index (χ0v) is 11.8. The summed E-state index contributed by atoms with van der Waals surface area (Å²) in [6, 6.07) is 0.738. The number of nitrogens with one attached hydrogen (secondary N) is 1. The number of rotatable bonds is 6. The Kier molecular flexibility index (Phi) is 5.48. The average molecular weight is 252 g/mol. The van der Waals surface area contributed by atoms with Gasteiger partial charge in [0.25, 0.3) is 0 Å². The van der Waals surface area contributed by atoms with Crippen molar-refractivity contribution < 1.29 is 4.79 Å². The molecule has 1 heterocycles. The van der Waals surface area contributed by atoms with Crippen LogP contribution in [-0.4, -0.2) is 36.5 Å². The second kappa shape index (κ2) is 7.13. The molecule has 0 atom stereocenters. The first-order chi connectivity index (χ1) is 8.79. The molecule has 3 nitrogen and oxygen atoms in total. The molecule has 0 radical (unpaired) electrons. The number of carbonyl (C=O) groups excluding carboxylic acids is 1. The molecule has 1 amide bonds. The van der Waals surface area contributed by atoms with Gasteiger partial charge in [-0.1, -0.05) is 13.3 Å². The van der Waals surface area contributed by atoms with E-state index >= 15 is 0 Å². The van der Waals surface area contributed by atoms with E-state index in [4.69, 9.17) is 0 Å². The lowest BCUT2D eigenvalue weighted by atomic mass is 9.84. The Labute approximate surface area is 111 Å². The fraction of sp³-hybridized carbons (Fsp3) is 0.933. The van der Waals surface area contributed by atoms with Gasteiger partial charge in [-0.05, 0) is 51.0 Å². The third-order valence-corrected chi connectivity index (χ3v) is 4.63. The predicted molar refractivity (Wildman–Crippen MR) is 74.5 cm³/mol. The predicted octanol–water partition coefficient (Wildman–Crippen LogP) is 2.56. The molecule has 0 bridgehead atoms. The van der Waals surface area contributed by atoms with Crippen molar-refractivity contribution in [2.24, 2.45) is 5.92 Å². The molecule has 1 aliphatic carbocycles. The fourth-order valence-electron chi connectivity index (χ4n) is 3.29. The molecule has 0 aromatic heterocycles. The Morgan fingerprint density at radius 2 is 2.06 bits per heavy atom. The van der Waals surface area contributed by atoms with Gasteiger partial charge in [-0.3, -0.25) is 4.79 Å². The second-order valence-electron chi connectivity index (χ2n) is 5.92. The highest BCUT2D eigenvalue weighted by molar-refractivity contribution is 5.77. The summed E-state index contributed by atoms with van der Waals surface area (Å²) in [5.74, 6) is 1.34. The molecular weight excluding hydrogens is 224 g/mol. The number of hydrogen-bond acceptors (Lipinski definition) is 2. The van der Waals surface area contributed by atoms with Crippen LogP contribution in [0, 0.1) is 5.92 Å². The summed E-state index contributed by atoms with van der Waals surface area (Å²) < 4.78 is 0. The van der Waals surface area contributed by atoms with Crippen LogP contribution in [0.5, 0.6) is 0 Å². The first-order valence-corrected chi connectivity index (χ1v) is 7.80. The molecule has 2 rings (SSSR count). The minimum atomic E-state index is 0.360. The number of amides is 1. The van der Waals surface area contributed by atoms with Gasteiger partial charge in [0.2, 0.25) is 5.91 Å². The maximum absolute atomic E-state index is 11.4. The van der Waals surface area contributed by atoms with E-state index in [0.717, 1.165) is 50.9 Å². The third kappa shape index (κ3) is 3.98. The molecule has 2 fully saturated rings. The molecular formula is C15H28N2O. The topological polar surface area (TPSA) is 32.3 Å². The molecule has 1 saturated carbocycles. The Morgan fingerprint density at radius 1 is 1.28 bits per heavy atom. The summed E-state index contributed by atoms with van der Waals surface area (Å²) >= 11 is 0. The van der Waals surface area contributed by atoms with Gasteiger partial charge in [-0.25, -0.2) is 0 Å². The van der Waals surface area contributed by atoms with Crippen LogP contribution in [0.3, 0.4) is 0 Å². The molecule has 0 aromatic carbocycles. The van der Waals surface area contributed by atoms with E-state index < -0.39 is 0 Å². The first-order valence-electron chi connectivity index (χ1n) is 7.80. The van der Waals surface area contributed by atoms with Gasteiger partial charge in [-0.2, -0.15) is 0 Å². The van der Waals surface area contributed by atoms with E-state index in [0.29, 0.717) is 5.91 Å². The van der Waals surface area contributed by atoms with Crippen molar-refractivity contribution in [3.63, 3.8) is 0 Å². The van der Waals surface area contributed by atoms with Crippen molar-refractivity contribution in [2.45, 2.75) is 64.3 Å². The fourth-order valence-corrected chi connectivity index (χ4v) is 3.29. The van der Waals surface area contributed by atoms with E-state index in [9.17, 15) is 4.79 Å². The van der Waals surface area contributed by atoms with Crippen LogP contribution in [0.4, 0.5) is 0 Å². The number of likely N-dealkylation sites (tertiary alicyclic amines) is 1. The SMILES string of the molecule is CCC1CCC(NCCCN2CCCC2=O)CC1. The molecule has 3 heteroatoms. The summed E-state index contributed by atoms with van der Waals surface area (Å²) in [5, 5.41) is 3.67. The summed E-state index contributed by atoms with van der Waals surface area (Å²) in [4.78, 5) is 13.5. The van der Waals surface area contributed by atoms with Crippen molar-refractivity contribution in [1.82, 2.24) is 10.2 Å². The second-order valence-corrected chi connectivity index (χ2v) is 5.92. The van der Waals surface area contributed by atoms with E-state index in [-0.39, 0.29) is 0 Å². The first kappa shape index (κ1) is 13.9. The molecule has 2 aliphatic rings. The van der Waals surface area contributed by atoms with Crippen LogP contribution in [-0.2, 0) is 4.79 Å². The van der Waals surface area contributed by atoms with Crippen LogP contribution < -0.4 is 5.32 Å². The molecule has 1 saturated heterocycles. The maximum atomic E-state index is 11.4. The Bertz CT molecular complexity index is 259. The lowest BCUT2D eigenvalue weighted by molar-refractivity contribution is -0.127. The summed E-state index contributed by atoms with van der Waals surface area (Å²) in [7, 11) is 0. The number of hydrogen-bond donors (Lipinski definition) is 1. The Balaban J connectivity index is 1.52. The minimum Gasteiger partial charge on any atom is -0.343 e. The van der Waals surface area contributed by atoms with Crippen LogP contribution in [0.1, 0.15) is 58.3 Å². The molecule has 0 unspecified atom stereocenters. The molecule has 1 aliphatic heterocycles. The van der Waals surface area contributed by atoms with Crippen molar-refractivity contribution >= 4 is 5.91 Å². The molecule has 1 N–H and O–H groups in total. The number of nitrogens with zero attached hydrogens (tertiary/aromatic N) is 1. The quantitative estimate of drug-likeness (QED) is 0.737. The Hall–Kier alpha value is -0.570. The smallest absolute Gasteiger partial charge is 0.222 e. The van der Waals surface area contributed by atoms with Crippen molar-refractivity contribution in [1.29, 1.82) is 0 Å². The van der Waals surface area contributed by atoms with Gasteiger partial charge in [0.05, 0.1) is 0 Å². The van der Waals surface area contributed by atoms with Gasteiger partial charge >= 0.3 is 0 Å². The van der Waals surface area contributed by atoms with Crippen molar-refractivity contribution in [2.75, 3.05) is 19.6 Å². The van der Waals surface area contributed by atoms with Gasteiger partial charge in [-0.15, -0.1) is 0 Å². The largest absolute Gasteiger partial charge is 0.343 e. The minimum absolute atomic E-state index is 0.360. The van der Waals surface area contributed by atoms with E-state index in [1.165, 1.54) is 32.1 Å². The van der Waals surface area contributed by atoms with Gasteiger partial charge in [0.1, 0.15) is 0 Å². The standard InChI is InChI=1S/C15H28N2O/c1-2-13-6-8-14(9-7-13)16-10-4-12-17-11-3-5-15(17)18/h13-14,16H,2-12H2,1H3. The summed E-state index contributed by atoms with van der Waals surface area (Å²) in [5.41, 5.74) is 0. The maximum Gasteiger partial charge on any atom is 0.222 e. The zero-order chi connectivity index (χ0) is 12.8. The van der Waals surface area contributed by atoms with Crippen molar-refractivity contribution in [3.8, 4) is 0 Å². The Morgan fingerprint density at radius 3 is 2.67 bits per heavy atom. The monoisotopic (exact) mass is 252 g/mol. The third-order valence-electron chi connectivity index (χ3n) is 4.63. The lowest BCUT2D eigenvalue weighted by Crippen LogP contribution is -2.35. The summed E-state index contributed by atoms with van der Waals surface area (Å²) in [6.07, 6.45) is 9.80. The van der Waals surface area contributed by atoms with Crippen molar-refractivity contribution in [3.05, 3.63) is 0 Å². The van der Waals surface area contributed by atoms with E-state index in [1.54, 1.807) is 0 Å². The molecule has 0 aromatic rings. The average Bonchev–Trinajstić information content (AvgIpc) is 2.81. The zero-order valence-electron chi connectivity index (χ0n) is 11.8. The van der Waals surface area contributed by atoms with Gasteiger partial charge < -0.3 is 10.2 Å². The van der Waals surface area contributed by atoms with Gasteiger partial charge in [0, 0.05) is 25.6 Å². The molecule has 18 heavy (non-hydrogen) atoms. The normalized spacial score (nSPS) is 28.9. The van der Waals surface area contributed by atoms with Crippen LogP contribution in [0.2, 0.25) is 0 Å². The van der Waals surface area contributed by atoms with Crippen LogP contribution >= 0.6 is 0 Å². The highest BCUT2D eigenvalue weighted by Gasteiger charge is 2.21. The van der Waals surface area contributed by atoms with Crippen LogP contribution in [0.25, 0.3) is 0 Å². The lowest BCUT2D eigenvalue weighted by Gasteiger charge is -2.28. The van der Waals surface area contributed by atoms with Gasteiger partial charge in [0.15, 0.2) is 0 Å². The van der Waals surface area contributed by atoms with Crippen LogP contribution in [0.15, 0.2) is 0 Å². The molecule has 104 valence electrons.